The summed E-state index contributed by atoms with van der Waals surface area (Å²) in [6.07, 6.45) is 0. The summed E-state index contributed by atoms with van der Waals surface area (Å²) in [6.45, 7) is 4.60. The Balaban J connectivity index is 3.37. The first-order chi connectivity index (χ1) is 9.07. The third-order valence-electron chi connectivity index (χ3n) is 2.85. The highest BCUT2D eigenvalue weighted by atomic mass is 35.5. The van der Waals surface area contributed by atoms with E-state index in [-0.39, 0.29) is 15.6 Å². The van der Waals surface area contributed by atoms with Gasteiger partial charge in [-0.25, -0.2) is 8.42 Å². The number of benzene rings is 1. The Bertz CT molecular complexity index is 606. The summed E-state index contributed by atoms with van der Waals surface area (Å²) in [5.74, 6) is -0.728. The van der Waals surface area contributed by atoms with Crippen LogP contribution in [-0.4, -0.2) is 31.2 Å². The van der Waals surface area contributed by atoms with Gasteiger partial charge in [0.15, 0.2) is 0 Å². The minimum atomic E-state index is -3.89. The fourth-order valence-corrected chi connectivity index (χ4v) is 3.61. The van der Waals surface area contributed by atoms with Gasteiger partial charge in [-0.05, 0) is 38.5 Å². The zero-order valence-corrected chi connectivity index (χ0v) is 13.1. The number of nitrogens with two attached hydrogens (primary N) is 2. The molecule has 1 aromatic rings. The number of rotatable bonds is 5. The monoisotopic (exact) mass is 319 g/mol. The molecular weight excluding hydrogens is 302 g/mol. The summed E-state index contributed by atoms with van der Waals surface area (Å²) in [7, 11) is -3.89. The van der Waals surface area contributed by atoms with Crippen LogP contribution in [0, 0.1) is 6.92 Å². The number of amides is 1. The molecular formula is C12H18ClN3O3S. The average molecular weight is 320 g/mol. The van der Waals surface area contributed by atoms with E-state index in [0.717, 1.165) is 4.31 Å². The van der Waals surface area contributed by atoms with Gasteiger partial charge in [-0.2, -0.15) is 4.31 Å². The molecule has 1 amide bonds. The Morgan fingerprint density at radius 3 is 2.35 bits per heavy atom. The molecule has 0 spiro atoms. The highest BCUT2D eigenvalue weighted by molar-refractivity contribution is 7.89. The maximum Gasteiger partial charge on any atom is 0.243 e. The SMILES string of the molecule is Cc1c(N)cc(S(=O)(=O)N(CC(N)=O)C(C)C)cc1Cl. The van der Waals surface area contributed by atoms with Crippen LogP contribution < -0.4 is 11.5 Å². The van der Waals surface area contributed by atoms with E-state index >= 15 is 0 Å². The summed E-state index contributed by atoms with van der Waals surface area (Å²) in [6, 6.07) is 2.22. The van der Waals surface area contributed by atoms with Gasteiger partial charge in [-0.15, -0.1) is 0 Å². The number of halogens is 1. The molecule has 4 N–H and O–H groups in total. The lowest BCUT2D eigenvalue weighted by Gasteiger charge is -2.25. The number of hydrogen-bond acceptors (Lipinski definition) is 4. The van der Waals surface area contributed by atoms with E-state index in [2.05, 4.69) is 0 Å². The average Bonchev–Trinajstić information content (AvgIpc) is 2.31. The normalized spacial score (nSPS) is 12.1. The molecule has 1 rings (SSSR count). The highest BCUT2D eigenvalue weighted by Gasteiger charge is 2.29. The summed E-state index contributed by atoms with van der Waals surface area (Å²) >= 11 is 5.96. The van der Waals surface area contributed by atoms with E-state index < -0.39 is 28.5 Å². The van der Waals surface area contributed by atoms with Gasteiger partial charge in [-0.1, -0.05) is 11.6 Å². The van der Waals surface area contributed by atoms with Crippen molar-refractivity contribution in [2.75, 3.05) is 12.3 Å². The van der Waals surface area contributed by atoms with Crippen molar-refractivity contribution in [3.63, 3.8) is 0 Å². The van der Waals surface area contributed by atoms with Crippen LogP contribution in [0.25, 0.3) is 0 Å². The first-order valence-corrected chi connectivity index (χ1v) is 7.75. The molecule has 0 aliphatic rings. The molecule has 0 saturated heterocycles. The lowest BCUT2D eigenvalue weighted by Crippen LogP contribution is -2.42. The molecule has 6 nitrogen and oxygen atoms in total. The fourth-order valence-electron chi connectivity index (χ4n) is 1.66. The van der Waals surface area contributed by atoms with E-state index in [4.69, 9.17) is 23.1 Å². The Labute approximate surface area is 123 Å². The van der Waals surface area contributed by atoms with Crippen molar-refractivity contribution in [3.05, 3.63) is 22.7 Å². The minimum Gasteiger partial charge on any atom is -0.398 e. The minimum absolute atomic E-state index is 0.0550. The van der Waals surface area contributed by atoms with Crippen molar-refractivity contribution in [1.82, 2.24) is 4.31 Å². The standard InChI is InChI=1S/C12H18ClN3O3S/c1-7(2)16(6-12(15)17)20(18,19)9-4-10(13)8(3)11(14)5-9/h4-5,7H,6,14H2,1-3H3,(H2,15,17). The highest BCUT2D eigenvalue weighted by Crippen LogP contribution is 2.28. The van der Waals surface area contributed by atoms with Crippen LogP contribution in [0.1, 0.15) is 19.4 Å². The number of carbonyl (C=O) groups excluding carboxylic acids is 1. The number of hydrogen-bond donors (Lipinski definition) is 2. The van der Waals surface area contributed by atoms with Gasteiger partial charge in [0.05, 0.1) is 11.4 Å². The summed E-state index contributed by atoms with van der Waals surface area (Å²) in [4.78, 5) is 11.0. The number of primary amides is 1. The third kappa shape index (κ3) is 3.41. The molecule has 0 atom stereocenters. The van der Waals surface area contributed by atoms with Crippen LogP contribution >= 0.6 is 11.6 Å². The first-order valence-electron chi connectivity index (χ1n) is 5.93. The van der Waals surface area contributed by atoms with Crippen LogP contribution in [0.3, 0.4) is 0 Å². The van der Waals surface area contributed by atoms with Crippen LogP contribution in [-0.2, 0) is 14.8 Å². The Morgan fingerprint density at radius 2 is 1.95 bits per heavy atom. The number of anilines is 1. The molecule has 20 heavy (non-hydrogen) atoms. The second-order valence-electron chi connectivity index (χ2n) is 4.73. The fraction of sp³-hybridized carbons (Fsp3) is 0.417. The lowest BCUT2D eigenvalue weighted by atomic mass is 10.2. The lowest BCUT2D eigenvalue weighted by molar-refractivity contribution is -0.118. The smallest absolute Gasteiger partial charge is 0.243 e. The number of nitrogen functional groups attached to an aromatic ring is 1. The molecule has 112 valence electrons. The number of carbonyl (C=O) groups is 1. The summed E-state index contributed by atoms with van der Waals surface area (Å²) in [5, 5.41) is 0.256. The zero-order valence-electron chi connectivity index (χ0n) is 11.6. The zero-order chi connectivity index (χ0) is 15.7. The van der Waals surface area contributed by atoms with Crippen LogP contribution in [0.5, 0.6) is 0 Å². The molecule has 0 radical (unpaired) electrons. The van der Waals surface area contributed by atoms with Crippen molar-refractivity contribution in [3.8, 4) is 0 Å². The van der Waals surface area contributed by atoms with Crippen molar-refractivity contribution in [2.24, 2.45) is 5.73 Å². The van der Waals surface area contributed by atoms with Gasteiger partial charge in [0, 0.05) is 16.8 Å². The van der Waals surface area contributed by atoms with E-state index in [1.165, 1.54) is 12.1 Å². The van der Waals surface area contributed by atoms with Crippen LogP contribution in [0.2, 0.25) is 5.02 Å². The van der Waals surface area contributed by atoms with Crippen molar-refractivity contribution >= 4 is 33.2 Å². The van der Waals surface area contributed by atoms with E-state index in [0.29, 0.717) is 5.56 Å². The Morgan fingerprint density at radius 1 is 1.40 bits per heavy atom. The van der Waals surface area contributed by atoms with Crippen LogP contribution in [0.4, 0.5) is 5.69 Å². The topological polar surface area (TPSA) is 106 Å². The van der Waals surface area contributed by atoms with Gasteiger partial charge in [0.1, 0.15) is 0 Å². The number of nitrogens with zero attached hydrogens (tertiary/aromatic N) is 1. The summed E-state index contributed by atoms with van der Waals surface area (Å²) in [5.41, 5.74) is 11.7. The van der Waals surface area contributed by atoms with Crippen molar-refractivity contribution in [1.29, 1.82) is 0 Å². The van der Waals surface area contributed by atoms with E-state index in [1.54, 1.807) is 20.8 Å². The van der Waals surface area contributed by atoms with Gasteiger partial charge < -0.3 is 11.5 Å². The molecule has 0 heterocycles. The molecule has 0 unspecified atom stereocenters. The van der Waals surface area contributed by atoms with Crippen molar-refractivity contribution < 1.29 is 13.2 Å². The molecule has 0 aromatic heterocycles. The quantitative estimate of drug-likeness (QED) is 0.793. The molecule has 0 bridgehead atoms. The second-order valence-corrected chi connectivity index (χ2v) is 7.03. The Hall–Kier alpha value is -1.31. The molecule has 0 aliphatic carbocycles. The molecule has 0 fully saturated rings. The predicted octanol–water partition coefficient (Wildman–Crippen LogP) is 1.12. The van der Waals surface area contributed by atoms with Crippen LogP contribution in [0.15, 0.2) is 17.0 Å². The predicted molar refractivity (Wildman–Crippen MR) is 78.8 cm³/mol. The van der Waals surface area contributed by atoms with E-state index in [1.807, 2.05) is 0 Å². The largest absolute Gasteiger partial charge is 0.398 e. The molecule has 0 aliphatic heterocycles. The maximum absolute atomic E-state index is 12.5. The van der Waals surface area contributed by atoms with Gasteiger partial charge in [-0.3, -0.25) is 4.79 Å². The molecule has 8 heteroatoms. The first kappa shape index (κ1) is 16.7. The molecule has 0 saturated carbocycles. The van der Waals surface area contributed by atoms with Gasteiger partial charge >= 0.3 is 0 Å². The van der Waals surface area contributed by atoms with E-state index in [9.17, 15) is 13.2 Å². The third-order valence-corrected chi connectivity index (χ3v) is 5.24. The molecule has 1 aromatic carbocycles. The Kier molecular flexibility index (Phi) is 5.01. The summed E-state index contributed by atoms with van der Waals surface area (Å²) < 4.78 is 26.1. The number of sulfonamides is 1. The second kappa shape index (κ2) is 5.99. The maximum atomic E-state index is 12.5. The van der Waals surface area contributed by atoms with Crippen molar-refractivity contribution in [2.45, 2.75) is 31.7 Å². The van der Waals surface area contributed by atoms with Gasteiger partial charge in [0.2, 0.25) is 15.9 Å². The van der Waals surface area contributed by atoms with Gasteiger partial charge in [0.25, 0.3) is 0 Å².